The molecule has 1 N–H and O–H groups in total. The van der Waals surface area contributed by atoms with Gasteiger partial charge in [0.15, 0.2) is 4.77 Å². The molecule has 1 fully saturated rings. The van der Waals surface area contributed by atoms with Crippen LogP contribution in [0.5, 0.6) is 0 Å². The van der Waals surface area contributed by atoms with Crippen LogP contribution in [0.3, 0.4) is 0 Å². The zero-order valence-electron chi connectivity index (χ0n) is 10.1. The number of aromatic nitrogens is 3. The van der Waals surface area contributed by atoms with Crippen molar-refractivity contribution in [1.29, 1.82) is 0 Å². The van der Waals surface area contributed by atoms with E-state index in [4.69, 9.17) is 17.0 Å². The second kappa shape index (κ2) is 6.56. The summed E-state index contributed by atoms with van der Waals surface area (Å²) < 4.78 is 7.88. The molecule has 17 heavy (non-hydrogen) atoms. The van der Waals surface area contributed by atoms with Gasteiger partial charge in [-0.15, -0.1) is 0 Å². The molecule has 0 spiro atoms. The highest BCUT2D eigenvalue weighted by atomic mass is 32.2. The molecule has 2 rings (SSSR count). The SMILES string of the molecule is COCCn1c(CC2CCSCC2)n[nH]c1=S. The quantitative estimate of drug-likeness (QED) is 0.836. The molecule has 2 heterocycles. The van der Waals surface area contributed by atoms with E-state index in [1.165, 1.54) is 24.3 Å². The van der Waals surface area contributed by atoms with Crippen LogP contribution in [0.2, 0.25) is 0 Å². The number of nitrogens with one attached hydrogen (secondary N) is 1. The van der Waals surface area contributed by atoms with Gasteiger partial charge < -0.3 is 9.30 Å². The van der Waals surface area contributed by atoms with Crippen molar-refractivity contribution in [2.75, 3.05) is 25.2 Å². The molecule has 1 aromatic rings. The van der Waals surface area contributed by atoms with Gasteiger partial charge in [-0.25, -0.2) is 0 Å². The number of nitrogens with zero attached hydrogens (tertiary/aromatic N) is 2. The third kappa shape index (κ3) is 3.56. The monoisotopic (exact) mass is 273 g/mol. The van der Waals surface area contributed by atoms with Gasteiger partial charge in [0.2, 0.25) is 0 Å². The van der Waals surface area contributed by atoms with Crippen LogP contribution in [0, 0.1) is 10.7 Å². The maximum Gasteiger partial charge on any atom is 0.195 e. The third-order valence-corrected chi connectivity index (χ3v) is 4.53. The van der Waals surface area contributed by atoms with Crippen molar-refractivity contribution in [1.82, 2.24) is 14.8 Å². The van der Waals surface area contributed by atoms with Crippen LogP contribution < -0.4 is 0 Å². The molecule has 0 amide bonds. The summed E-state index contributed by atoms with van der Waals surface area (Å²) in [7, 11) is 1.71. The molecule has 0 unspecified atom stereocenters. The van der Waals surface area contributed by atoms with E-state index in [1.54, 1.807) is 7.11 Å². The Morgan fingerprint density at radius 2 is 2.29 bits per heavy atom. The van der Waals surface area contributed by atoms with E-state index in [9.17, 15) is 0 Å². The highest BCUT2D eigenvalue weighted by Crippen LogP contribution is 2.25. The van der Waals surface area contributed by atoms with Crippen LogP contribution >= 0.6 is 24.0 Å². The lowest BCUT2D eigenvalue weighted by Crippen LogP contribution is -2.16. The minimum Gasteiger partial charge on any atom is -0.383 e. The lowest BCUT2D eigenvalue weighted by atomic mass is 9.98. The maximum atomic E-state index is 5.24. The molecule has 4 nitrogen and oxygen atoms in total. The van der Waals surface area contributed by atoms with E-state index in [-0.39, 0.29) is 0 Å². The number of methoxy groups -OCH3 is 1. The predicted molar refractivity (Wildman–Crippen MR) is 73.0 cm³/mol. The number of hydrogen-bond acceptors (Lipinski definition) is 4. The molecule has 0 aliphatic carbocycles. The first-order valence-corrected chi connectivity index (χ1v) is 7.58. The summed E-state index contributed by atoms with van der Waals surface area (Å²) in [6, 6.07) is 0. The van der Waals surface area contributed by atoms with E-state index in [2.05, 4.69) is 26.5 Å². The van der Waals surface area contributed by atoms with E-state index in [1.807, 2.05) is 0 Å². The maximum absolute atomic E-state index is 5.24. The molecule has 6 heteroatoms. The molecule has 0 radical (unpaired) electrons. The van der Waals surface area contributed by atoms with Crippen LogP contribution in [0.25, 0.3) is 0 Å². The lowest BCUT2D eigenvalue weighted by molar-refractivity contribution is 0.185. The Hall–Kier alpha value is -0.330. The Balaban J connectivity index is 2.01. The zero-order valence-corrected chi connectivity index (χ0v) is 11.8. The van der Waals surface area contributed by atoms with Crippen molar-refractivity contribution in [3.8, 4) is 0 Å². The van der Waals surface area contributed by atoms with Crippen LogP contribution in [0.4, 0.5) is 0 Å². The molecule has 0 bridgehead atoms. The van der Waals surface area contributed by atoms with Crippen molar-refractivity contribution in [2.45, 2.75) is 25.8 Å². The highest BCUT2D eigenvalue weighted by Gasteiger charge is 2.17. The molecule has 96 valence electrons. The average molecular weight is 273 g/mol. The Morgan fingerprint density at radius 3 is 3.00 bits per heavy atom. The zero-order chi connectivity index (χ0) is 12.1. The number of thioether (sulfide) groups is 1. The van der Waals surface area contributed by atoms with Gasteiger partial charge in [0.25, 0.3) is 0 Å². The summed E-state index contributed by atoms with van der Waals surface area (Å²) >= 11 is 7.30. The fourth-order valence-corrected chi connectivity index (χ4v) is 3.57. The van der Waals surface area contributed by atoms with Crippen molar-refractivity contribution < 1.29 is 4.74 Å². The van der Waals surface area contributed by atoms with Gasteiger partial charge in [0.05, 0.1) is 6.61 Å². The van der Waals surface area contributed by atoms with E-state index in [0.717, 1.165) is 24.7 Å². The highest BCUT2D eigenvalue weighted by molar-refractivity contribution is 7.99. The second-order valence-electron chi connectivity index (χ2n) is 4.35. The first-order valence-electron chi connectivity index (χ1n) is 6.02. The molecule has 1 saturated heterocycles. The average Bonchev–Trinajstić information content (AvgIpc) is 2.69. The third-order valence-electron chi connectivity index (χ3n) is 3.17. The molecule has 0 aromatic carbocycles. The summed E-state index contributed by atoms with van der Waals surface area (Å²) in [5.41, 5.74) is 0. The minimum atomic E-state index is 0.682. The number of hydrogen-bond donors (Lipinski definition) is 1. The normalized spacial score (nSPS) is 17.5. The van der Waals surface area contributed by atoms with Gasteiger partial charge >= 0.3 is 0 Å². The summed E-state index contributed by atoms with van der Waals surface area (Å²) in [6.45, 7) is 1.48. The first kappa shape index (κ1) is 13.1. The number of H-pyrrole nitrogens is 1. The number of ether oxygens (including phenoxy) is 1. The van der Waals surface area contributed by atoms with Gasteiger partial charge in [0.1, 0.15) is 5.82 Å². The minimum absolute atomic E-state index is 0.682. The molecule has 1 aromatic heterocycles. The van der Waals surface area contributed by atoms with Gasteiger partial charge in [-0.3, -0.25) is 5.10 Å². The fraction of sp³-hybridized carbons (Fsp3) is 0.818. The van der Waals surface area contributed by atoms with Crippen molar-refractivity contribution in [3.05, 3.63) is 10.6 Å². The Labute approximate surface area is 111 Å². The number of aromatic amines is 1. The number of rotatable bonds is 5. The summed E-state index contributed by atoms with van der Waals surface area (Å²) in [4.78, 5) is 0. The van der Waals surface area contributed by atoms with Gasteiger partial charge in [0, 0.05) is 20.1 Å². The van der Waals surface area contributed by atoms with Crippen molar-refractivity contribution >= 4 is 24.0 Å². The van der Waals surface area contributed by atoms with E-state index >= 15 is 0 Å². The molecule has 1 aliphatic rings. The fourth-order valence-electron chi connectivity index (χ4n) is 2.13. The summed E-state index contributed by atoms with van der Waals surface area (Å²) in [5, 5.41) is 7.24. The molecular weight excluding hydrogens is 254 g/mol. The van der Waals surface area contributed by atoms with Crippen LogP contribution in [-0.4, -0.2) is 40.0 Å². The van der Waals surface area contributed by atoms with Gasteiger partial charge in [-0.1, -0.05) is 0 Å². The van der Waals surface area contributed by atoms with Gasteiger partial charge in [-0.05, 0) is 42.5 Å². The Morgan fingerprint density at radius 1 is 1.53 bits per heavy atom. The topological polar surface area (TPSA) is 42.8 Å². The predicted octanol–water partition coefficient (Wildman–Crippen LogP) is 2.27. The summed E-state index contributed by atoms with van der Waals surface area (Å²) in [6.07, 6.45) is 3.64. The molecular formula is C11H19N3OS2. The molecule has 1 aliphatic heterocycles. The largest absolute Gasteiger partial charge is 0.383 e. The second-order valence-corrected chi connectivity index (χ2v) is 5.96. The molecule has 0 atom stereocenters. The first-order chi connectivity index (χ1) is 8.31. The molecule has 0 saturated carbocycles. The Kier molecular flexibility index (Phi) is 5.06. The van der Waals surface area contributed by atoms with Crippen LogP contribution in [0.1, 0.15) is 18.7 Å². The van der Waals surface area contributed by atoms with Crippen molar-refractivity contribution in [2.24, 2.45) is 5.92 Å². The standard InChI is InChI=1S/C11H19N3OS2/c1-15-5-4-14-10(12-13-11(14)16)8-9-2-6-17-7-3-9/h9H,2-8H2,1H3,(H,13,16). The van der Waals surface area contributed by atoms with Crippen LogP contribution in [-0.2, 0) is 17.7 Å². The smallest absolute Gasteiger partial charge is 0.195 e. The van der Waals surface area contributed by atoms with E-state index < -0.39 is 0 Å². The van der Waals surface area contributed by atoms with Gasteiger partial charge in [-0.2, -0.15) is 16.9 Å². The lowest BCUT2D eigenvalue weighted by Gasteiger charge is -2.20. The van der Waals surface area contributed by atoms with Crippen LogP contribution in [0.15, 0.2) is 0 Å². The summed E-state index contributed by atoms with van der Waals surface area (Å²) in [5.74, 6) is 4.42. The Bertz CT molecular complexity index is 396. The van der Waals surface area contributed by atoms with Crippen molar-refractivity contribution in [3.63, 3.8) is 0 Å². The van der Waals surface area contributed by atoms with E-state index in [0.29, 0.717) is 11.4 Å².